The molecule has 1 aromatic heterocycles. The van der Waals surface area contributed by atoms with Crippen molar-refractivity contribution >= 4 is 0 Å². The van der Waals surface area contributed by atoms with Crippen molar-refractivity contribution in [3.05, 3.63) is 29.8 Å². The molecule has 1 rings (SSSR count). The van der Waals surface area contributed by atoms with Crippen molar-refractivity contribution in [1.29, 1.82) is 0 Å². The van der Waals surface area contributed by atoms with Gasteiger partial charge in [-0.05, 0) is 19.0 Å². The fraction of sp³-hybridized carbons (Fsp3) is 0.500. The monoisotopic (exact) mass is 182 g/mol. The molecule has 0 aliphatic heterocycles. The van der Waals surface area contributed by atoms with Crippen LogP contribution in [0.4, 0.5) is 4.39 Å². The second-order valence-corrected chi connectivity index (χ2v) is 3.00. The zero-order valence-corrected chi connectivity index (χ0v) is 7.89. The van der Waals surface area contributed by atoms with E-state index in [0.29, 0.717) is 12.1 Å². The van der Waals surface area contributed by atoms with Crippen LogP contribution in [-0.4, -0.2) is 11.5 Å². The first-order valence-corrected chi connectivity index (χ1v) is 4.63. The molecule has 0 radical (unpaired) electrons. The van der Waals surface area contributed by atoms with Crippen molar-refractivity contribution in [2.24, 2.45) is 0 Å². The summed E-state index contributed by atoms with van der Waals surface area (Å²) < 4.78 is 13.0. The van der Waals surface area contributed by atoms with Crippen LogP contribution in [0.15, 0.2) is 18.5 Å². The molecule has 0 saturated heterocycles. The molecule has 13 heavy (non-hydrogen) atoms. The molecule has 0 unspecified atom stereocenters. The van der Waals surface area contributed by atoms with Crippen molar-refractivity contribution in [1.82, 2.24) is 10.3 Å². The predicted octanol–water partition coefficient (Wildman–Crippen LogP) is 2.11. The Labute approximate surface area is 78.2 Å². The second kappa shape index (κ2) is 5.65. The first-order valence-electron chi connectivity index (χ1n) is 4.63. The average Bonchev–Trinajstić information content (AvgIpc) is 2.15. The Kier molecular flexibility index (Phi) is 4.40. The van der Waals surface area contributed by atoms with Crippen LogP contribution in [0.3, 0.4) is 0 Å². The fourth-order valence-electron chi connectivity index (χ4n) is 1.07. The molecule has 1 N–H and O–H groups in total. The lowest BCUT2D eigenvalue weighted by molar-refractivity contribution is 0.575. The molecule has 0 bridgehead atoms. The van der Waals surface area contributed by atoms with E-state index < -0.39 is 0 Å². The Hall–Kier alpha value is -0.960. The van der Waals surface area contributed by atoms with Gasteiger partial charge in [-0.1, -0.05) is 13.3 Å². The SMILES string of the molecule is CCCCNCc1ccncc1F. The molecular weight excluding hydrogens is 167 g/mol. The number of halogens is 1. The number of rotatable bonds is 5. The van der Waals surface area contributed by atoms with Gasteiger partial charge in [-0.15, -0.1) is 0 Å². The summed E-state index contributed by atoms with van der Waals surface area (Å²) in [5.74, 6) is -0.230. The van der Waals surface area contributed by atoms with Crippen LogP contribution in [0.5, 0.6) is 0 Å². The zero-order valence-electron chi connectivity index (χ0n) is 7.89. The van der Waals surface area contributed by atoms with E-state index in [1.165, 1.54) is 6.20 Å². The van der Waals surface area contributed by atoms with E-state index in [0.717, 1.165) is 19.4 Å². The van der Waals surface area contributed by atoms with Gasteiger partial charge in [0.1, 0.15) is 5.82 Å². The van der Waals surface area contributed by atoms with Crippen LogP contribution in [0.25, 0.3) is 0 Å². The Morgan fingerprint density at radius 3 is 3.08 bits per heavy atom. The van der Waals surface area contributed by atoms with Crippen molar-refractivity contribution < 1.29 is 4.39 Å². The van der Waals surface area contributed by atoms with Crippen molar-refractivity contribution in [3.63, 3.8) is 0 Å². The van der Waals surface area contributed by atoms with Gasteiger partial charge in [0, 0.05) is 18.3 Å². The molecule has 0 atom stereocenters. The molecule has 1 aromatic rings. The molecule has 0 spiro atoms. The summed E-state index contributed by atoms with van der Waals surface area (Å²) in [6.07, 6.45) is 5.15. The first kappa shape index (κ1) is 10.1. The minimum absolute atomic E-state index is 0.230. The van der Waals surface area contributed by atoms with E-state index in [9.17, 15) is 4.39 Å². The largest absolute Gasteiger partial charge is 0.313 e. The summed E-state index contributed by atoms with van der Waals surface area (Å²) in [5, 5.41) is 3.18. The molecule has 0 aromatic carbocycles. The molecule has 0 amide bonds. The van der Waals surface area contributed by atoms with Crippen LogP contribution in [0.1, 0.15) is 25.3 Å². The van der Waals surface area contributed by atoms with Crippen LogP contribution < -0.4 is 5.32 Å². The normalized spacial score (nSPS) is 10.3. The van der Waals surface area contributed by atoms with Crippen molar-refractivity contribution in [2.45, 2.75) is 26.3 Å². The third-order valence-corrected chi connectivity index (χ3v) is 1.88. The highest BCUT2D eigenvalue weighted by Gasteiger charge is 1.98. The molecule has 2 nitrogen and oxygen atoms in total. The minimum Gasteiger partial charge on any atom is -0.313 e. The maximum Gasteiger partial charge on any atom is 0.145 e. The van der Waals surface area contributed by atoms with Crippen molar-refractivity contribution in [2.75, 3.05) is 6.54 Å². The Morgan fingerprint density at radius 1 is 1.54 bits per heavy atom. The molecule has 0 aliphatic carbocycles. The van der Waals surface area contributed by atoms with Gasteiger partial charge < -0.3 is 5.32 Å². The van der Waals surface area contributed by atoms with Gasteiger partial charge in [0.15, 0.2) is 0 Å². The van der Waals surface area contributed by atoms with Gasteiger partial charge in [0.2, 0.25) is 0 Å². The van der Waals surface area contributed by atoms with E-state index in [4.69, 9.17) is 0 Å². The number of hydrogen-bond donors (Lipinski definition) is 1. The number of pyridine rings is 1. The molecule has 0 saturated carbocycles. The summed E-state index contributed by atoms with van der Waals surface area (Å²) in [6.45, 7) is 3.67. The van der Waals surface area contributed by atoms with Gasteiger partial charge in [0.05, 0.1) is 6.20 Å². The summed E-state index contributed by atoms with van der Waals surface area (Å²) in [6, 6.07) is 1.70. The maximum atomic E-state index is 13.0. The average molecular weight is 182 g/mol. The van der Waals surface area contributed by atoms with Crippen LogP contribution in [-0.2, 0) is 6.54 Å². The third-order valence-electron chi connectivity index (χ3n) is 1.88. The second-order valence-electron chi connectivity index (χ2n) is 3.00. The smallest absolute Gasteiger partial charge is 0.145 e. The lowest BCUT2D eigenvalue weighted by Gasteiger charge is -2.03. The van der Waals surface area contributed by atoms with Gasteiger partial charge in [-0.25, -0.2) is 4.39 Å². The number of aromatic nitrogens is 1. The van der Waals surface area contributed by atoms with Gasteiger partial charge >= 0.3 is 0 Å². The Morgan fingerprint density at radius 2 is 2.38 bits per heavy atom. The maximum absolute atomic E-state index is 13.0. The topological polar surface area (TPSA) is 24.9 Å². The quantitative estimate of drug-likeness (QED) is 0.705. The molecule has 3 heteroatoms. The van der Waals surface area contributed by atoms with E-state index in [2.05, 4.69) is 17.2 Å². The van der Waals surface area contributed by atoms with Crippen LogP contribution >= 0.6 is 0 Å². The third kappa shape index (κ3) is 3.51. The highest BCUT2D eigenvalue weighted by atomic mass is 19.1. The van der Waals surface area contributed by atoms with E-state index in [1.807, 2.05) is 0 Å². The zero-order chi connectivity index (χ0) is 9.52. The van der Waals surface area contributed by atoms with Gasteiger partial charge in [0.25, 0.3) is 0 Å². The number of nitrogens with one attached hydrogen (secondary N) is 1. The van der Waals surface area contributed by atoms with Crippen LogP contribution in [0, 0.1) is 5.82 Å². The summed E-state index contributed by atoms with van der Waals surface area (Å²) in [4.78, 5) is 3.69. The summed E-state index contributed by atoms with van der Waals surface area (Å²) in [7, 11) is 0. The lowest BCUT2D eigenvalue weighted by atomic mass is 10.2. The van der Waals surface area contributed by atoms with E-state index in [1.54, 1.807) is 12.3 Å². The van der Waals surface area contributed by atoms with E-state index in [-0.39, 0.29) is 5.82 Å². The van der Waals surface area contributed by atoms with Crippen molar-refractivity contribution in [3.8, 4) is 0 Å². The molecule has 1 heterocycles. The predicted molar refractivity (Wildman–Crippen MR) is 50.8 cm³/mol. The first-order chi connectivity index (χ1) is 6.34. The summed E-state index contributed by atoms with van der Waals surface area (Å²) in [5.41, 5.74) is 0.686. The molecular formula is C10H15FN2. The summed E-state index contributed by atoms with van der Waals surface area (Å²) >= 11 is 0. The Bertz CT molecular complexity index is 250. The van der Waals surface area contributed by atoms with Gasteiger partial charge in [-0.2, -0.15) is 0 Å². The lowest BCUT2D eigenvalue weighted by Crippen LogP contribution is -2.15. The number of hydrogen-bond acceptors (Lipinski definition) is 2. The molecule has 0 aliphatic rings. The standard InChI is InChI=1S/C10H15FN2/c1-2-3-5-12-7-9-4-6-13-8-10(9)11/h4,6,8,12H,2-3,5,7H2,1H3. The minimum atomic E-state index is -0.230. The highest BCUT2D eigenvalue weighted by molar-refractivity contribution is 5.11. The highest BCUT2D eigenvalue weighted by Crippen LogP contribution is 2.03. The Balaban J connectivity index is 2.32. The fourth-order valence-corrected chi connectivity index (χ4v) is 1.07. The molecule has 0 fully saturated rings. The number of nitrogens with zero attached hydrogens (tertiary/aromatic N) is 1. The molecule has 72 valence electrons. The van der Waals surface area contributed by atoms with Crippen LogP contribution in [0.2, 0.25) is 0 Å². The van der Waals surface area contributed by atoms with E-state index >= 15 is 0 Å². The van der Waals surface area contributed by atoms with Gasteiger partial charge in [-0.3, -0.25) is 4.98 Å². The number of unbranched alkanes of at least 4 members (excludes halogenated alkanes) is 1.